The van der Waals surface area contributed by atoms with E-state index in [4.69, 9.17) is 10.5 Å². The molecule has 1 aliphatic heterocycles. The van der Waals surface area contributed by atoms with Gasteiger partial charge in [-0.25, -0.2) is 0 Å². The molecular formula is C12H22N2O2. The van der Waals surface area contributed by atoms with Gasteiger partial charge in [-0.1, -0.05) is 19.8 Å². The van der Waals surface area contributed by atoms with Gasteiger partial charge in [0.2, 0.25) is 5.91 Å². The minimum absolute atomic E-state index is 0.141. The van der Waals surface area contributed by atoms with E-state index in [1.165, 1.54) is 6.42 Å². The van der Waals surface area contributed by atoms with Gasteiger partial charge in [0, 0.05) is 13.1 Å². The molecule has 0 aromatic carbocycles. The highest BCUT2D eigenvalue weighted by Gasteiger charge is 2.40. The van der Waals surface area contributed by atoms with Crippen LogP contribution in [0, 0.1) is 5.92 Å². The van der Waals surface area contributed by atoms with Crippen molar-refractivity contribution in [1.29, 1.82) is 0 Å². The van der Waals surface area contributed by atoms with E-state index in [1.54, 1.807) is 0 Å². The maximum Gasteiger partial charge on any atom is 0.242 e. The van der Waals surface area contributed by atoms with Crippen molar-refractivity contribution in [1.82, 2.24) is 4.90 Å². The van der Waals surface area contributed by atoms with Crippen molar-refractivity contribution in [2.75, 3.05) is 26.3 Å². The Morgan fingerprint density at radius 1 is 1.44 bits per heavy atom. The van der Waals surface area contributed by atoms with Crippen molar-refractivity contribution >= 4 is 5.91 Å². The first-order valence-electron chi connectivity index (χ1n) is 6.28. The second-order valence-electron chi connectivity index (χ2n) is 5.26. The van der Waals surface area contributed by atoms with E-state index in [0.717, 1.165) is 19.3 Å². The van der Waals surface area contributed by atoms with Crippen molar-refractivity contribution in [2.45, 2.75) is 38.1 Å². The molecule has 2 aliphatic rings. The fraction of sp³-hybridized carbons (Fsp3) is 0.917. The first-order chi connectivity index (χ1) is 7.62. The van der Waals surface area contributed by atoms with Crippen LogP contribution in [0.15, 0.2) is 0 Å². The summed E-state index contributed by atoms with van der Waals surface area (Å²) in [4.78, 5) is 14.2. The van der Waals surface area contributed by atoms with E-state index in [9.17, 15) is 4.79 Å². The lowest BCUT2D eigenvalue weighted by atomic mass is 9.76. The van der Waals surface area contributed by atoms with Gasteiger partial charge in [-0.05, 0) is 18.8 Å². The lowest BCUT2D eigenvalue weighted by Crippen LogP contribution is -2.59. The molecule has 0 radical (unpaired) electrons. The molecule has 1 heterocycles. The highest BCUT2D eigenvalue weighted by atomic mass is 16.5. The molecule has 2 rings (SSSR count). The van der Waals surface area contributed by atoms with E-state index < -0.39 is 5.54 Å². The molecule has 0 bridgehead atoms. The largest absolute Gasteiger partial charge is 0.378 e. The molecule has 1 amide bonds. The smallest absolute Gasteiger partial charge is 0.242 e. The van der Waals surface area contributed by atoms with Gasteiger partial charge in [-0.2, -0.15) is 0 Å². The van der Waals surface area contributed by atoms with Gasteiger partial charge in [0.1, 0.15) is 0 Å². The normalized spacial score (nSPS) is 36.1. The second-order valence-corrected chi connectivity index (χ2v) is 5.26. The van der Waals surface area contributed by atoms with Crippen molar-refractivity contribution in [3.05, 3.63) is 0 Å². The van der Waals surface area contributed by atoms with Crippen LogP contribution in [0.2, 0.25) is 0 Å². The molecule has 16 heavy (non-hydrogen) atoms. The molecule has 92 valence electrons. The summed E-state index contributed by atoms with van der Waals surface area (Å²) in [6.45, 7) is 4.89. The Kier molecular flexibility index (Phi) is 3.50. The van der Waals surface area contributed by atoms with Crippen molar-refractivity contribution in [3.63, 3.8) is 0 Å². The molecule has 2 unspecified atom stereocenters. The van der Waals surface area contributed by atoms with E-state index >= 15 is 0 Å². The number of carbonyl (C=O) groups is 1. The number of ether oxygens (including phenoxy) is 1. The van der Waals surface area contributed by atoms with Gasteiger partial charge in [0.25, 0.3) is 0 Å². The molecule has 0 spiro atoms. The number of nitrogens with zero attached hydrogens (tertiary/aromatic N) is 1. The summed E-state index contributed by atoms with van der Waals surface area (Å²) in [6.07, 6.45) is 3.96. The highest BCUT2D eigenvalue weighted by molar-refractivity contribution is 5.86. The summed E-state index contributed by atoms with van der Waals surface area (Å²) in [5.74, 6) is 0.714. The summed E-state index contributed by atoms with van der Waals surface area (Å²) >= 11 is 0. The van der Waals surface area contributed by atoms with E-state index in [0.29, 0.717) is 32.2 Å². The number of hydrogen-bond acceptors (Lipinski definition) is 3. The van der Waals surface area contributed by atoms with Crippen LogP contribution >= 0.6 is 0 Å². The summed E-state index contributed by atoms with van der Waals surface area (Å²) in [5.41, 5.74) is 5.69. The Balaban J connectivity index is 2.01. The molecule has 1 saturated carbocycles. The first kappa shape index (κ1) is 11.9. The predicted molar refractivity (Wildman–Crippen MR) is 61.9 cm³/mol. The van der Waals surface area contributed by atoms with Crippen LogP contribution in [-0.2, 0) is 9.53 Å². The number of carbonyl (C=O) groups excluding carboxylic acids is 1. The van der Waals surface area contributed by atoms with Gasteiger partial charge in [0.05, 0.1) is 18.8 Å². The zero-order chi connectivity index (χ0) is 11.6. The summed E-state index contributed by atoms with van der Waals surface area (Å²) in [6, 6.07) is 0. The van der Waals surface area contributed by atoms with Crippen LogP contribution in [0.25, 0.3) is 0 Å². The Labute approximate surface area is 97.1 Å². The van der Waals surface area contributed by atoms with Gasteiger partial charge in [-0.15, -0.1) is 0 Å². The molecule has 1 aliphatic carbocycles. The zero-order valence-electron chi connectivity index (χ0n) is 10.1. The van der Waals surface area contributed by atoms with Crippen LogP contribution in [0.5, 0.6) is 0 Å². The quantitative estimate of drug-likeness (QED) is 0.718. The number of hydrogen-bond donors (Lipinski definition) is 1. The van der Waals surface area contributed by atoms with Gasteiger partial charge < -0.3 is 15.4 Å². The third-order valence-corrected chi connectivity index (χ3v) is 3.76. The molecule has 1 saturated heterocycles. The van der Waals surface area contributed by atoms with Crippen molar-refractivity contribution < 1.29 is 9.53 Å². The minimum atomic E-state index is -0.602. The summed E-state index contributed by atoms with van der Waals surface area (Å²) in [7, 11) is 0. The number of morpholine rings is 1. The predicted octanol–water partition coefficient (Wildman–Crippen LogP) is 0.753. The second kappa shape index (κ2) is 4.72. The number of nitrogens with two attached hydrogens (primary N) is 1. The summed E-state index contributed by atoms with van der Waals surface area (Å²) in [5, 5.41) is 0. The van der Waals surface area contributed by atoms with Crippen LogP contribution in [-0.4, -0.2) is 42.6 Å². The average molecular weight is 226 g/mol. The fourth-order valence-electron chi connectivity index (χ4n) is 2.87. The fourth-order valence-corrected chi connectivity index (χ4v) is 2.87. The van der Waals surface area contributed by atoms with Crippen LogP contribution in [0.1, 0.15) is 32.6 Å². The third kappa shape index (κ3) is 2.38. The Hall–Kier alpha value is -0.610. The van der Waals surface area contributed by atoms with Gasteiger partial charge in [0.15, 0.2) is 0 Å². The van der Waals surface area contributed by atoms with Crippen LogP contribution < -0.4 is 5.73 Å². The van der Waals surface area contributed by atoms with E-state index in [1.807, 2.05) is 4.90 Å². The Morgan fingerprint density at radius 3 is 2.75 bits per heavy atom. The maximum atomic E-state index is 12.4. The Morgan fingerprint density at radius 2 is 2.12 bits per heavy atom. The topological polar surface area (TPSA) is 55.6 Å². The van der Waals surface area contributed by atoms with E-state index in [2.05, 4.69) is 6.92 Å². The monoisotopic (exact) mass is 226 g/mol. The highest BCUT2D eigenvalue weighted by Crippen LogP contribution is 2.31. The maximum absolute atomic E-state index is 12.4. The molecule has 2 fully saturated rings. The molecule has 4 nitrogen and oxygen atoms in total. The average Bonchev–Trinajstić information content (AvgIpc) is 2.29. The van der Waals surface area contributed by atoms with E-state index in [-0.39, 0.29) is 5.91 Å². The lowest BCUT2D eigenvalue weighted by molar-refractivity contribution is -0.143. The molecular weight excluding hydrogens is 204 g/mol. The SMILES string of the molecule is CC1CCCC(N)(C(=O)N2CCOCC2)C1. The van der Waals surface area contributed by atoms with Crippen LogP contribution in [0.3, 0.4) is 0 Å². The number of amides is 1. The molecule has 2 atom stereocenters. The van der Waals surface area contributed by atoms with Gasteiger partial charge in [-0.3, -0.25) is 4.79 Å². The Bertz CT molecular complexity index is 264. The molecule has 4 heteroatoms. The number of rotatable bonds is 1. The van der Waals surface area contributed by atoms with Crippen molar-refractivity contribution in [3.8, 4) is 0 Å². The van der Waals surface area contributed by atoms with Gasteiger partial charge >= 0.3 is 0 Å². The molecule has 2 N–H and O–H groups in total. The lowest BCUT2D eigenvalue weighted by Gasteiger charge is -2.40. The minimum Gasteiger partial charge on any atom is -0.378 e. The molecule has 0 aromatic heterocycles. The zero-order valence-corrected chi connectivity index (χ0v) is 10.1. The first-order valence-corrected chi connectivity index (χ1v) is 6.28. The van der Waals surface area contributed by atoms with Crippen LogP contribution in [0.4, 0.5) is 0 Å². The van der Waals surface area contributed by atoms with Crippen molar-refractivity contribution in [2.24, 2.45) is 11.7 Å². The summed E-state index contributed by atoms with van der Waals surface area (Å²) < 4.78 is 5.26. The third-order valence-electron chi connectivity index (χ3n) is 3.76. The molecule has 0 aromatic rings. The standard InChI is InChI=1S/C12H22N2O2/c1-10-3-2-4-12(13,9-10)11(15)14-5-7-16-8-6-14/h10H,2-9,13H2,1H3.